The SMILES string of the molecule is C#CC(C)NC(=O)[C@H]1[C@@H](C(=O)O)C1(C)C. The maximum absolute atomic E-state index is 11.6. The van der Waals surface area contributed by atoms with Crippen molar-refractivity contribution in [1.82, 2.24) is 5.32 Å². The average molecular weight is 209 g/mol. The third-order valence-electron chi connectivity index (χ3n) is 2.98. The molecule has 0 radical (unpaired) electrons. The zero-order chi connectivity index (χ0) is 11.8. The molecule has 15 heavy (non-hydrogen) atoms. The summed E-state index contributed by atoms with van der Waals surface area (Å²) in [5, 5.41) is 11.5. The van der Waals surface area contributed by atoms with Gasteiger partial charge in [0.2, 0.25) is 5.91 Å². The number of rotatable bonds is 3. The van der Waals surface area contributed by atoms with Crippen LogP contribution in [0, 0.1) is 29.6 Å². The predicted octanol–water partition coefficient (Wildman–Crippen LogP) is 0.481. The van der Waals surface area contributed by atoms with E-state index in [1.807, 2.05) is 0 Å². The van der Waals surface area contributed by atoms with Gasteiger partial charge in [-0.05, 0) is 12.3 Å². The summed E-state index contributed by atoms with van der Waals surface area (Å²) in [6, 6.07) is -0.358. The summed E-state index contributed by atoms with van der Waals surface area (Å²) in [7, 11) is 0. The van der Waals surface area contributed by atoms with Crippen molar-refractivity contribution in [2.24, 2.45) is 17.3 Å². The van der Waals surface area contributed by atoms with Gasteiger partial charge in [0.05, 0.1) is 17.9 Å². The molecule has 2 N–H and O–H groups in total. The molecule has 0 aliphatic heterocycles. The topological polar surface area (TPSA) is 66.4 Å². The van der Waals surface area contributed by atoms with Crippen molar-refractivity contribution >= 4 is 11.9 Å². The average Bonchev–Trinajstić information content (AvgIpc) is 2.68. The van der Waals surface area contributed by atoms with Gasteiger partial charge in [-0.1, -0.05) is 19.8 Å². The Hall–Kier alpha value is -1.50. The Morgan fingerprint density at radius 2 is 2.00 bits per heavy atom. The summed E-state index contributed by atoms with van der Waals surface area (Å²) in [4.78, 5) is 22.5. The van der Waals surface area contributed by atoms with E-state index in [0.29, 0.717) is 0 Å². The van der Waals surface area contributed by atoms with E-state index >= 15 is 0 Å². The van der Waals surface area contributed by atoms with Crippen LogP contribution in [-0.4, -0.2) is 23.0 Å². The standard InChI is InChI=1S/C11H15NO3/c1-5-6(2)12-9(13)7-8(10(14)15)11(7,3)4/h1,6-8H,2-4H3,(H,12,13)(H,14,15)/t6?,7-,8+/m1/s1. The van der Waals surface area contributed by atoms with Crippen molar-refractivity contribution in [2.75, 3.05) is 0 Å². The molecule has 0 aromatic carbocycles. The van der Waals surface area contributed by atoms with E-state index in [4.69, 9.17) is 11.5 Å². The van der Waals surface area contributed by atoms with Crippen LogP contribution >= 0.6 is 0 Å². The lowest BCUT2D eigenvalue weighted by Gasteiger charge is -2.07. The minimum Gasteiger partial charge on any atom is -0.481 e. The maximum atomic E-state index is 11.6. The van der Waals surface area contributed by atoms with Crippen LogP contribution in [0.1, 0.15) is 20.8 Å². The molecule has 1 unspecified atom stereocenters. The van der Waals surface area contributed by atoms with Crippen molar-refractivity contribution in [3.8, 4) is 12.3 Å². The lowest BCUT2D eigenvalue weighted by molar-refractivity contribution is -0.140. The Morgan fingerprint density at radius 1 is 1.47 bits per heavy atom. The highest BCUT2D eigenvalue weighted by molar-refractivity contribution is 5.91. The summed E-state index contributed by atoms with van der Waals surface area (Å²) < 4.78 is 0. The Bertz CT molecular complexity index is 340. The number of nitrogens with one attached hydrogen (secondary N) is 1. The molecule has 4 nitrogen and oxygen atoms in total. The maximum Gasteiger partial charge on any atom is 0.307 e. The first-order valence-corrected chi connectivity index (χ1v) is 4.81. The summed E-state index contributed by atoms with van der Waals surface area (Å²) in [6.45, 7) is 5.23. The number of terminal acetylenes is 1. The van der Waals surface area contributed by atoms with E-state index in [9.17, 15) is 9.59 Å². The van der Waals surface area contributed by atoms with Crippen LogP contribution in [0.15, 0.2) is 0 Å². The molecule has 0 aromatic heterocycles. The van der Waals surface area contributed by atoms with E-state index in [1.165, 1.54) is 0 Å². The zero-order valence-corrected chi connectivity index (χ0v) is 9.07. The molecule has 3 atom stereocenters. The first kappa shape index (κ1) is 11.6. The highest BCUT2D eigenvalue weighted by Crippen LogP contribution is 2.58. The quantitative estimate of drug-likeness (QED) is 0.664. The Balaban J connectivity index is 2.65. The van der Waals surface area contributed by atoms with Gasteiger partial charge in [-0.2, -0.15) is 0 Å². The molecule has 1 saturated carbocycles. The number of carboxylic acid groups (broad SMARTS) is 1. The molecule has 1 fully saturated rings. The molecular formula is C11H15NO3. The molecule has 1 aliphatic carbocycles. The smallest absolute Gasteiger partial charge is 0.307 e. The predicted molar refractivity (Wildman–Crippen MR) is 54.8 cm³/mol. The van der Waals surface area contributed by atoms with Crippen molar-refractivity contribution < 1.29 is 14.7 Å². The van der Waals surface area contributed by atoms with E-state index in [-0.39, 0.29) is 11.9 Å². The van der Waals surface area contributed by atoms with Crippen LogP contribution in [-0.2, 0) is 9.59 Å². The second-order valence-electron chi connectivity index (χ2n) is 4.51. The Labute approximate surface area is 89.0 Å². The normalized spacial score (nSPS) is 28.7. The largest absolute Gasteiger partial charge is 0.481 e. The molecule has 0 heterocycles. The second kappa shape index (κ2) is 3.58. The number of carboxylic acids is 1. The minimum absolute atomic E-state index is 0.266. The number of carbonyl (C=O) groups excluding carboxylic acids is 1. The summed E-state index contributed by atoms with van der Waals surface area (Å²) in [5.74, 6) is 0.120. The monoisotopic (exact) mass is 209 g/mol. The minimum atomic E-state index is -0.923. The fraction of sp³-hybridized carbons (Fsp3) is 0.636. The number of aliphatic carboxylic acids is 1. The van der Waals surface area contributed by atoms with Gasteiger partial charge in [-0.3, -0.25) is 9.59 Å². The molecule has 0 aromatic rings. The van der Waals surface area contributed by atoms with E-state index in [0.717, 1.165) is 0 Å². The van der Waals surface area contributed by atoms with Crippen LogP contribution in [0.2, 0.25) is 0 Å². The third-order valence-corrected chi connectivity index (χ3v) is 2.98. The zero-order valence-electron chi connectivity index (χ0n) is 9.07. The molecule has 1 rings (SSSR count). The summed E-state index contributed by atoms with van der Waals surface area (Å²) in [6.07, 6.45) is 5.12. The molecule has 0 saturated heterocycles. The van der Waals surface area contributed by atoms with Crippen LogP contribution in [0.3, 0.4) is 0 Å². The van der Waals surface area contributed by atoms with Gasteiger partial charge in [0.15, 0.2) is 0 Å². The van der Waals surface area contributed by atoms with Crippen LogP contribution in [0.25, 0.3) is 0 Å². The van der Waals surface area contributed by atoms with Gasteiger partial charge >= 0.3 is 5.97 Å². The second-order valence-corrected chi connectivity index (χ2v) is 4.51. The lowest BCUT2D eigenvalue weighted by atomic mass is 10.1. The molecule has 0 bridgehead atoms. The molecule has 4 heteroatoms. The fourth-order valence-electron chi connectivity index (χ4n) is 1.93. The third kappa shape index (κ3) is 1.96. The van der Waals surface area contributed by atoms with Crippen molar-refractivity contribution in [3.05, 3.63) is 0 Å². The first-order valence-electron chi connectivity index (χ1n) is 4.81. The molecule has 1 amide bonds. The fourth-order valence-corrected chi connectivity index (χ4v) is 1.93. The number of amides is 1. The van der Waals surface area contributed by atoms with Gasteiger partial charge in [-0.25, -0.2) is 0 Å². The Morgan fingerprint density at radius 3 is 2.33 bits per heavy atom. The number of hydrogen-bond donors (Lipinski definition) is 2. The van der Waals surface area contributed by atoms with Gasteiger partial charge in [0.1, 0.15) is 0 Å². The van der Waals surface area contributed by atoms with Gasteiger partial charge in [0, 0.05) is 0 Å². The van der Waals surface area contributed by atoms with Gasteiger partial charge < -0.3 is 10.4 Å². The van der Waals surface area contributed by atoms with Crippen molar-refractivity contribution in [1.29, 1.82) is 0 Å². The highest BCUT2D eigenvalue weighted by Gasteiger charge is 2.65. The molecule has 82 valence electrons. The summed E-state index contributed by atoms with van der Waals surface area (Å²) in [5.41, 5.74) is -0.468. The Kier molecular flexibility index (Phi) is 2.76. The van der Waals surface area contributed by atoms with E-state index in [1.54, 1.807) is 20.8 Å². The van der Waals surface area contributed by atoms with Crippen LogP contribution < -0.4 is 5.32 Å². The van der Waals surface area contributed by atoms with E-state index in [2.05, 4.69) is 11.2 Å². The van der Waals surface area contributed by atoms with Gasteiger partial charge in [-0.15, -0.1) is 6.42 Å². The van der Waals surface area contributed by atoms with Crippen LogP contribution in [0.5, 0.6) is 0 Å². The van der Waals surface area contributed by atoms with Crippen LogP contribution in [0.4, 0.5) is 0 Å². The number of hydrogen-bond acceptors (Lipinski definition) is 2. The molecule has 0 spiro atoms. The molecular weight excluding hydrogens is 194 g/mol. The summed E-state index contributed by atoms with van der Waals surface area (Å²) >= 11 is 0. The van der Waals surface area contributed by atoms with E-state index < -0.39 is 23.2 Å². The molecule has 1 aliphatic rings. The first-order chi connectivity index (χ1) is 6.82. The lowest BCUT2D eigenvalue weighted by Crippen LogP contribution is -2.34. The van der Waals surface area contributed by atoms with Gasteiger partial charge in [0.25, 0.3) is 0 Å². The number of carbonyl (C=O) groups is 2. The highest BCUT2D eigenvalue weighted by atomic mass is 16.4. The van der Waals surface area contributed by atoms with Crippen molar-refractivity contribution in [2.45, 2.75) is 26.8 Å². The van der Waals surface area contributed by atoms with Crippen molar-refractivity contribution in [3.63, 3.8) is 0 Å².